The summed E-state index contributed by atoms with van der Waals surface area (Å²) in [5.41, 5.74) is 0.359. The molecule has 0 radical (unpaired) electrons. The smallest absolute Gasteiger partial charge is 0.262 e. The van der Waals surface area contributed by atoms with Gasteiger partial charge in [-0.2, -0.15) is 0 Å². The van der Waals surface area contributed by atoms with Crippen LogP contribution in [0.25, 0.3) is 0 Å². The molecule has 1 rings (SSSR count). The number of Topliss-reactive ketones (excluding diaryl/α,β-unsaturated/α-hetero) is 1. The Morgan fingerprint density at radius 3 is 2.22 bits per heavy atom. The summed E-state index contributed by atoms with van der Waals surface area (Å²) in [5.74, 6) is -0.741. The van der Waals surface area contributed by atoms with Gasteiger partial charge in [0, 0.05) is 5.69 Å². The van der Waals surface area contributed by atoms with Gasteiger partial charge in [-0.25, -0.2) is 8.42 Å². The standard InChI is InChI=1S/C10H12N2O5S/c1-7(13)6-10(14)11-8-2-4-9(5-3-8)18(16,17)12-15/h2-5,12,15H,6H2,1H3,(H,11,14). The van der Waals surface area contributed by atoms with Crippen LogP contribution in [0.3, 0.4) is 0 Å². The summed E-state index contributed by atoms with van der Waals surface area (Å²) in [7, 11) is -3.92. The second kappa shape index (κ2) is 5.71. The Morgan fingerprint density at radius 1 is 1.22 bits per heavy atom. The van der Waals surface area contributed by atoms with Crippen LogP contribution in [0, 0.1) is 0 Å². The molecule has 0 aliphatic rings. The minimum Gasteiger partial charge on any atom is -0.326 e. The van der Waals surface area contributed by atoms with Crippen LogP contribution < -0.4 is 10.2 Å². The summed E-state index contributed by atoms with van der Waals surface area (Å²) in [5, 5.41) is 10.8. The van der Waals surface area contributed by atoms with Crippen LogP contribution >= 0.6 is 0 Å². The normalized spacial score (nSPS) is 11.0. The second-order valence-electron chi connectivity index (χ2n) is 3.55. The third-order valence-corrected chi connectivity index (χ3v) is 3.11. The molecular weight excluding hydrogens is 260 g/mol. The highest BCUT2D eigenvalue weighted by Gasteiger charge is 2.12. The Kier molecular flexibility index (Phi) is 4.54. The number of carbonyl (C=O) groups excluding carboxylic acids is 2. The molecular formula is C10H12N2O5S. The van der Waals surface area contributed by atoms with E-state index in [0.29, 0.717) is 5.69 Å². The zero-order valence-corrected chi connectivity index (χ0v) is 10.3. The fourth-order valence-corrected chi connectivity index (χ4v) is 1.80. The number of benzene rings is 1. The molecule has 0 saturated carbocycles. The van der Waals surface area contributed by atoms with E-state index >= 15 is 0 Å². The highest BCUT2D eigenvalue weighted by molar-refractivity contribution is 7.89. The summed E-state index contributed by atoms with van der Waals surface area (Å²) < 4.78 is 22.4. The van der Waals surface area contributed by atoms with E-state index in [-0.39, 0.29) is 17.1 Å². The van der Waals surface area contributed by atoms with Crippen molar-refractivity contribution in [3.05, 3.63) is 24.3 Å². The lowest BCUT2D eigenvalue weighted by atomic mass is 10.2. The van der Waals surface area contributed by atoms with Gasteiger partial charge in [-0.15, -0.1) is 0 Å². The average molecular weight is 272 g/mol. The maximum Gasteiger partial charge on any atom is 0.262 e. The third-order valence-electron chi connectivity index (χ3n) is 1.98. The van der Waals surface area contributed by atoms with Crippen molar-refractivity contribution in [1.82, 2.24) is 4.89 Å². The van der Waals surface area contributed by atoms with Crippen LogP contribution in [-0.2, 0) is 19.6 Å². The van der Waals surface area contributed by atoms with Gasteiger partial charge in [0.15, 0.2) is 0 Å². The Labute approximate surface area is 104 Å². The number of rotatable bonds is 5. The fourth-order valence-electron chi connectivity index (χ4n) is 1.20. The molecule has 0 saturated heterocycles. The summed E-state index contributed by atoms with van der Waals surface area (Å²) in [6.07, 6.45) is -0.238. The number of hydrogen-bond acceptors (Lipinski definition) is 5. The zero-order valence-electron chi connectivity index (χ0n) is 9.50. The summed E-state index contributed by atoms with van der Waals surface area (Å²) >= 11 is 0. The molecule has 1 aromatic rings. The number of sulfonamides is 1. The molecule has 0 bridgehead atoms. The highest BCUT2D eigenvalue weighted by atomic mass is 32.2. The molecule has 98 valence electrons. The molecule has 0 unspecified atom stereocenters. The van der Waals surface area contributed by atoms with Gasteiger partial charge in [-0.05, 0) is 31.2 Å². The largest absolute Gasteiger partial charge is 0.326 e. The quantitative estimate of drug-likeness (QED) is 0.526. The van der Waals surface area contributed by atoms with Gasteiger partial charge in [0.2, 0.25) is 5.91 Å². The van der Waals surface area contributed by atoms with Crippen LogP contribution in [-0.4, -0.2) is 25.3 Å². The zero-order chi connectivity index (χ0) is 13.8. The van der Waals surface area contributed by atoms with E-state index in [1.165, 1.54) is 36.1 Å². The van der Waals surface area contributed by atoms with E-state index < -0.39 is 15.9 Å². The van der Waals surface area contributed by atoms with E-state index in [4.69, 9.17) is 5.21 Å². The topological polar surface area (TPSA) is 113 Å². The maximum atomic E-state index is 11.3. The highest BCUT2D eigenvalue weighted by Crippen LogP contribution is 2.13. The minimum absolute atomic E-state index is 0.144. The van der Waals surface area contributed by atoms with E-state index in [2.05, 4.69) is 5.32 Å². The number of hydrogen-bond donors (Lipinski definition) is 3. The number of amides is 1. The van der Waals surface area contributed by atoms with Crippen LogP contribution in [0.1, 0.15) is 13.3 Å². The number of anilines is 1. The van der Waals surface area contributed by atoms with Crippen molar-refractivity contribution in [2.75, 3.05) is 5.32 Å². The predicted octanol–water partition coefficient (Wildman–Crippen LogP) is 0.272. The lowest BCUT2D eigenvalue weighted by Crippen LogP contribution is -2.19. The SMILES string of the molecule is CC(=O)CC(=O)Nc1ccc(S(=O)(=O)NO)cc1. The van der Waals surface area contributed by atoms with Crippen molar-refractivity contribution >= 4 is 27.4 Å². The van der Waals surface area contributed by atoms with Gasteiger partial charge in [0.25, 0.3) is 10.0 Å². The van der Waals surface area contributed by atoms with Crippen molar-refractivity contribution in [2.45, 2.75) is 18.2 Å². The second-order valence-corrected chi connectivity index (χ2v) is 5.21. The molecule has 8 heteroatoms. The molecule has 1 aromatic carbocycles. The molecule has 3 N–H and O–H groups in total. The Balaban J connectivity index is 2.78. The van der Waals surface area contributed by atoms with Gasteiger partial charge >= 0.3 is 0 Å². The first-order valence-corrected chi connectivity index (χ1v) is 6.39. The van der Waals surface area contributed by atoms with Gasteiger partial charge in [0.1, 0.15) is 5.78 Å². The summed E-state index contributed by atoms with van der Waals surface area (Å²) in [6, 6.07) is 5.12. The molecule has 7 nitrogen and oxygen atoms in total. The first-order chi connectivity index (χ1) is 8.35. The van der Waals surface area contributed by atoms with Crippen LogP contribution in [0.4, 0.5) is 5.69 Å². The van der Waals surface area contributed by atoms with Crippen molar-refractivity contribution in [1.29, 1.82) is 0 Å². The molecule has 0 heterocycles. The first-order valence-electron chi connectivity index (χ1n) is 4.90. The van der Waals surface area contributed by atoms with Gasteiger partial charge in [-0.3, -0.25) is 9.59 Å². The average Bonchev–Trinajstić information content (AvgIpc) is 2.28. The minimum atomic E-state index is -3.92. The maximum absolute atomic E-state index is 11.3. The van der Waals surface area contributed by atoms with Gasteiger partial charge < -0.3 is 10.5 Å². The van der Waals surface area contributed by atoms with E-state index in [1.807, 2.05) is 0 Å². The van der Waals surface area contributed by atoms with Crippen LogP contribution in [0.15, 0.2) is 29.2 Å². The predicted molar refractivity (Wildman–Crippen MR) is 62.5 cm³/mol. The Hall–Kier alpha value is -1.77. The number of ketones is 1. The number of nitrogens with one attached hydrogen (secondary N) is 2. The van der Waals surface area contributed by atoms with Gasteiger partial charge in [-0.1, -0.05) is 4.89 Å². The fraction of sp³-hybridized carbons (Fsp3) is 0.200. The van der Waals surface area contributed by atoms with Crippen molar-refractivity contribution < 1.29 is 23.2 Å². The van der Waals surface area contributed by atoms with E-state index in [9.17, 15) is 18.0 Å². The molecule has 1 amide bonds. The monoisotopic (exact) mass is 272 g/mol. The van der Waals surface area contributed by atoms with Crippen molar-refractivity contribution in [2.24, 2.45) is 0 Å². The summed E-state index contributed by atoms with van der Waals surface area (Å²) in [6.45, 7) is 1.29. The van der Waals surface area contributed by atoms with Crippen LogP contribution in [0.5, 0.6) is 0 Å². The van der Waals surface area contributed by atoms with Crippen molar-refractivity contribution in [3.8, 4) is 0 Å². The molecule has 0 fully saturated rings. The molecule has 0 aliphatic carbocycles. The molecule has 0 aromatic heterocycles. The molecule has 0 atom stereocenters. The molecule has 18 heavy (non-hydrogen) atoms. The van der Waals surface area contributed by atoms with Gasteiger partial charge in [0.05, 0.1) is 11.3 Å². The Morgan fingerprint density at radius 2 is 1.78 bits per heavy atom. The van der Waals surface area contributed by atoms with Crippen LogP contribution in [0.2, 0.25) is 0 Å². The Bertz CT molecular complexity index is 550. The number of carbonyl (C=O) groups is 2. The third kappa shape index (κ3) is 3.91. The summed E-state index contributed by atoms with van der Waals surface area (Å²) in [4.78, 5) is 23.0. The molecule has 0 aliphatic heterocycles. The lowest BCUT2D eigenvalue weighted by Gasteiger charge is -2.05. The van der Waals surface area contributed by atoms with E-state index in [1.54, 1.807) is 0 Å². The van der Waals surface area contributed by atoms with Crippen molar-refractivity contribution in [3.63, 3.8) is 0 Å². The lowest BCUT2D eigenvalue weighted by molar-refractivity contribution is -0.124. The van der Waals surface area contributed by atoms with E-state index in [0.717, 1.165) is 0 Å². The first kappa shape index (κ1) is 14.3. The molecule has 0 spiro atoms.